The van der Waals surface area contributed by atoms with Crippen molar-refractivity contribution >= 4 is 38.6 Å². The van der Waals surface area contributed by atoms with Crippen LogP contribution in [0.5, 0.6) is 0 Å². The average Bonchev–Trinajstić information content (AvgIpc) is 3.45. The summed E-state index contributed by atoms with van der Waals surface area (Å²) in [5.74, 6) is -0.199. The van der Waals surface area contributed by atoms with Crippen LogP contribution in [0.1, 0.15) is 15.2 Å². The van der Waals surface area contributed by atoms with E-state index in [1.807, 2.05) is 17.5 Å². The normalized spacial score (nSPS) is 15.3. The summed E-state index contributed by atoms with van der Waals surface area (Å²) in [6.07, 6.45) is 1.58. The maximum absolute atomic E-state index is 12.6. The van der Waals surface area contributed by atoms with E-state index in [0.717, 1.165) is 15.4 Å². The van der Waals surface area contributed by atoms with Crippen LogP contribution in [-0.4, -0.2) is 49.9 Å². The molecule has 3 heterocycles. The van der Waals surface area contributed by atoms with Crippen molar-refractivity contribution in [2.75, 3.05) is 26.3 Å². The van der Waals surface area contributed by atoms with E-state index in [1.165, 1.54) is 15.6 Å². The van der Waals surface area contributed by atoms with Crippen molar-refractivity contribution in [2.24, 2.45) is 0 Å². The fourth-order valence-electron chi connectivity index (χ4n) is 2.88. The highest BCUT2D eigenvalue weighted by Crippen LogP contribution is 2.28. The second-order valence-electron chi connectivity index (χ2n) is 6.35. The van der Waals surface area contributed by atoms with Crippen molar-refractivity contribution in [1.82, 2.24) is 14.6 Å². The molecular formula is C19H19N3O4S3. The molecule has 10 heteroatoms. The van der Waals surface area contributed by atoms with Crippen LogP contribution >= 0.6 is 22.7 Å². The minimum absolute atomic E-state index is 0.199. The first-order valence-electron chi connectivity index (χ1n) is 8.99. The number of nitrogens with one attached hydrogen (secondary N) is 1. The summed E-state index contributed by atoms with van der Waals surface area (Å²) in [4.78, 5) is 18.5. The number of amides is 1. The van der Waals surface area contributed by atoms with Crippen LogP contribution in [0.25, 0.3) is 9.88 Å². The number of morpholine rings is 1. The first-order valence-corrected chi connectivity index (χ1v) is 12.1. The van der Waals surface area contributed by atoms with Crippen LogP contribution in [0.3, 0.4) is 0 Å². The molecule has 1 saturated heterocycles. The van der Waals surface area contributed by atoms with Gasteiger partial charge >= 0.3 is 0 Å². The van der Waals surface area contributed by atoms with Crippen molar-refractivity contribution < 1.29 is 17.9 Å². The fourth-order valence-corrected chi connectivity index (χ4v) is 5.92. The fraction of sp³-hybridized carbons (Fsp3) is 0.263. The monoisotopic (exact) mass is 449 g/mol. The van der Waals surface area contributed by atoms with Gasteiger partial charge in [-0.15, -0.1) is 22.7 Å². The summed E-state index contributed by atoms with van der Waals surface area (Å²) in [6.45, 7) is 1.86. The van der Waals surface area contributed by atoms with E-state index in [2.05, 4.69) is 10.3 Å². The Morgan fingerprint density at radius 3 is 2.62 bits per heavy atom. The molecule has 0 atom stereocenters. The summed E-state index contributed by atoms with van der Waals surface area (Å²) in [5.41, 5.74) is 0.822. The molecule has 0 aliphatic carbocycles. The summed E-state index contributed by atoms with van der Waals surface area (Å²) >= 11 is 2.93. The smallest absolute Gasteiger partial charge is 0.263 e. The lowest BCUT2D eigenvalue weighted by atomic mass is 10.2. The molecule has 3 aromatic rings. The van der Waals surface area contributed by atoms with Crippen molar-refractivity contribution in [1.29, 1.82) is 0 Å². The van der Waals surface area contributed by atoms with Gasteiger partial charge in [-0.25, -0.2) is 13.4 Å². The molecule has 1 N–H and O–H groups in total. The second-order valence-corrected chi connectivity index (χ2v) is 10.3. The molecule has 2 aromatic heterocycles. The third-order valence-electron chi connectivity index (χ3n) is 4.45. The van der Waals surface area contributed by atoms with Gasteiger partial charge in [-0.05, 0) is 29.1 Å². The van der Waals surface area contributed by atoms with E-state index in [1.54, 1.807) is 41.8 Å². The zero-order valence-corrected chi connectivity index (χ0v) is 17.9. The molecule has 0 spiro atoms. The highest BCUT2D eigenvalue weighted by atomic mass is 32.2. The van der Waals surface area contributed by atoms with Crippen molar-refractivity contribution in [3.63, 3.8) is 0 Å². The number of hydrogen-bond donors (Lipinski definition) is 1. The number of aromatic nitrogens is 1. The SMILES string of the molecule is O=C(NCc1ccc(S(=O)(=O)N2CCOCC2)cc1)c1cnc(-c2cccs2)s1. The lowest BCUT2D eigenvalue weighted by molar-refractivity contribution is 0.0730. The van der Waals surface area contributed by atoms with Gasteiger partial charge in [0.2, 0.25) is 10.0 Å². The van der Waals surface area contributed by atoms with Gasteiger partial charge in [0, 0.05) is 19.6 Å². The van der Waals surface area contributed by atoms with E-state index >= 15 is 0 Å². The largest absolute Gasteiger partial charge is 0.379 e. The molecule has 0 unspecified atom stereocenters. The van der Waals surface area contributed by atoms with Crippen LogP contribution in [0, 0.1) is 0 Å². The molecule has 0 bridgehead atoms. The van der Waals surface area contributed by atoms with Gasteiger partial charge in [0.15, 0.2) is 0 Å². The predicted octanol–water partition coefficient (Wildman–Crippen LogP) is 2.82. The molecule has 29 heavy (non-hydrogen) atoms. The van der Waals surface area contributed by atoms with Crippen LogP contribution < -0.4 is 5.32 Å². The Bertz CT molecular complexity index is 1070. The Hall–Kier alpha value is -2.11. The number of ether oxygens (including phenoxy) is 1. The van der Waals surface area contributed by atoms with Gasteiger partial charge in [-0.1, -0.05) is 18.2 Å². The third kappa shape index (κ3) is 4.57. The number of thiazole rings is 1. The first kappa shape index (κ1) is 20.2. The highest BCUT2D eigenvalue weighted by molar-refractivity contribution is 7.89. The molecule has 1 aromatic carbocycles. The number of nitrogens with zero attached hydrogens (tertiary/aromatic N) is 2. The maximum atomic E-state index is 12.6. The van der Waals surface area contributed by atoms with E-state index in [-0.39, 0.29) is 10.8 Å². The summed E-state index contributed by atoms with van der Waals surface area (Å²) in [7, 11) is -3.51. The van der Waals surface area contributed by atoms with E-state index in [9.17, 15) is 13.2 Å². The Labute approximate surface area is 177 Å². The topological polar surface area (TPSA) is 88.6 Å². The maximum Gasteiger partial charge on any atom is 0.263 e. The summed E-state index contributed by atoms with van der Waals surface area (Å²) in [6, 6.07) is 10.5. The van der Waals surface area contributed by atoms with E-state index < -0.39 is 10.0 Å². The molecule has 0 saturated carbocycles. The van der Waals surface area contributed by atoms with Gasteiger partial charge < -0.3 is 10.1 Å². The number of thiophene rings is 1. The molecule has 1 amide bonds. The summed E-state index contributed by atoms with van der Waals surface area (Å²) < 4.78 is 31.9. The minimum atomic E-state index is -3.51. The number of hydrogen-bond acceptors (Lipinski definition) is 7. The Morgan fingerprint density at radius 2 is 1.93 bits per heavy atom. The molecular weight excluding hydrogens is 430 g/mol. The van der Waals surface area contributed by atoms with Crippen LogP contribution in [-0.2, 0) is 21.3 Å². The van der Waals surface area contributed by atoms with Gasteiger partial charge in [-0.3, -0.25) is 4.79 Å². The Balaban J connectivity index is 1.37. The van der Waals surface area contributed by atoms with Crippen LogP contribution in [0.15, 0.2) is 52.9 Å². The quantitative estimate of drug-likeness (QED) is 0.625. The van der Waals surface area contributed by atoms with Crippen molar-refractivity contribution in [3.8, 4) is 9.88 Å². The molecule has 4 rings (SSSR count). The lowest BCUT2D eigenvalue weighted by Gasteiger charge is -2.26. The summed E-state index contributed by atoms with van der Waals surface area (Å²) in [5, 5.41) is 5.65. The highest BCUT2D eigenvalue weighted by Gasteiger charge is 2.26. The molecule has 0 radical (unpaired) electrons. The third-order valence-corrected chi connectivity index (χ3v) is 8.39. The minimum Gasteiger partial charge on any atom is -0.379 e. The molecule has 152 valence electrons. The molecule has 1 fully saturated rings. The van der Waals surface area contributed by atoms with Gasteiger partial charge in [0.25, 0.3) is 5.91 Å². The molecule has 7 nitrogen and oxygen atoms in total. The van der Waals surface area contributed by atoms with Gasteiger partial charge in [0.1, 0.15) is 9.88 Å². The Morgan fingerprint density at radius 1 is 1.17 bits per heavy atom. The van der Waals surface area contributed by atoms with Crippen molar-refractivity contribution in [3.05, 3.63) is 58.4 Å². The number of benzene rings is 1. The number of sulfonamides is 1. The second kappa shape index (κ2) is 8.72. The zero-order valence-electron chi connectivity index (χ0n) is 15.4. The Kier molecular flexibility index (Phi) is 6.07. The van der Waals surface area contributed by atoms with Gasteiger partial charge in [0.05, 0.1) is 29.2 Å². The van der Waals surface area contributed by atoms with E-state index in [0.29, 0.717) is 37.7 Å². The standard InChI is InChI=1S/C19H19N3O4S3/c23-18(17-13-21-19(28-17)16-2-1-11-27-16)20-12-14-3-5-15(6-4-14)29(24,25)22-7-9-26-10-8-22/h1-6,11,13H,7-10,12H2,(H,20,23). The van der Waals surface area contributed by atoms with Crippen LogP contribution in [0.4, 0.5) is 0 Å². The number of rotatable bonds is 6. The average molecular weight is 450 g/mol. The lowest BCUT2D eigenvalue weighted by Crippen LogP contribution is -2.40. The zero-order chi connectivity index (χ0) is 20.3. The van der Waals surface area contributed by atoms with Crippen molar-refractivity contribution in [2.45, 2.75) is 11.4 Å². The first-order chi connectivity index (χ1) is 14.0. The van der Waals surface area contributed by atoms with E-state index in [4.69, 9.17) is 4.74 Å². The predicted molar refractivity (Wildman–Crippen MR) is 113 cm³/mol. The number of carbonyl (C=O) groups excluding carboxylic acids is 1. The molecule has 1 aliphatic rings. The molecule has 1 aliphatic heterocycles. The number of carbonyl (C=O) groups is 1. The van der Waals surface area contributed by atoms with Gasteiger partial charge in [-0.2, -0.15) is 4.31 Å². The van der Waals surface area contributed by atoms with Crippen LogP contribution in [0.2, 0.25) is 0 Å².